The van der Waals surface area contributed by atoms with E-state index in [-0.39, 0.29) is 12.1 Å². The van der Waals surface area contributed by atoms with Crippen LogP contribution in [0.25, 0.3) is 10.1 Å². The van der Waals surface area contributed by atoms with E-state index in [4.69, 9.17) is 4.74 Å². The highest BCUT2D eigenvalue weighted by Gasteiger charge is 2.32. The summed E-state index contributed by atoms with van der Waals surface area (Å²) in [6.07, 6.45) is -0.264. The van der Waals surface area contributed by atoms with Gasteiger partial charge in [0.25, 0.3) is 0 Å². The Balaban J connectivity index is 1.93. The van der Waals surface area contributed by atoms with Gasteiger partial charge in [0.15, 0.2) is 6.10 Å². The number of cyclic esters (lactones) is 1. The Bertz CT molecular complexity index is 788. The zero-order chi connectivity index (χ0) is 12.8. The molecule has 0 N–H and O–H groups in total. The third-order valence-electron chi connectivity index (χ3n) is 3.48. The Morgan fingerprint density at radius 2 is 1.74 bits per heavy atom. The van der Waals surface area contributed by atoms with Crippen molar-refractivity contribution >= 4 is 27.4 Å². The first-order valence-corrected chi connectivity index (χ1v) is 6.98. The molecule has 0 saturated heterocycles. The van der Waals surface area contributed by atoms with Crippen molar-refractivity contribution < 1.29 is 9.53 Å². The predicted molar refractivity (Wildman–Crippen MR) is 75.5 cm³/mol. The lowest BCUT2D eigenvalue weighted by atomic mass is 9.99. The Morgan fingerprint density at radius 1 is 0.947 bits per heavy atom. The van der Waals surface area contributed by atoms with E-state index in [1.54, 1.807) is 11.3 Å². The number of benzene rings is 2. The van der Waals surface area contributed by atoms with Crippen LogP contribution in [0.3, 0.4) is 0 Å². The molecule has 0 amide bonds. The molecule has 0 spiro atoms. The fourth-order valence-corrected chi connectivity index (χ4v) is 3.55. The molecule has 2 aromatic carbocycles. The molecular weight excluding hydrogens is 256 g/mol. The Morgan fingerprint density at radius 3 is 2.68 bits per heavy atom. The molecule has 92 valence electrons. The number of rotatable bonds is 1. The summed E-state index contributed by atoms with van der Waals surface area (Å²) in [6.45, 7) is 0. The highest BCUT2D eigenvalue weighted by atomic mass is 32.1. The maximum atomic E-state index is 11.9. The first-order valence-electron chi connectivity index (χ1n) is 6.10. The summed E-state index contributed by atoms with van der Waals surface area (Å²) >= 11 is 1.69. The molecule has 19 heavy (non-hydrogen) atoms. The molecule has 0 radical (unpaired) electrons. The van der Waals surface area contributed by atoms with Gasteiger partial charge in [-0.25, -0.2) is 4.79 Å². The lowest BCUT2D eigenvalue weighted by Crippen LogP contribution is -1.99. The number of hydrogen-bond acceptors (Lipinski definition) is 3. The number of carbonyl (C=O) groups is 1. The van der Waals surface area contributed by atoms with Gasteiger partial charge in [0.2, 0.25) is 0 Å². The van der Waals surface area contributed by atoms with Crippen LogP contribution in [0.1, 0.15) is 27.6 Å². The fourth-order valence-electron chi connectivity index (χ4n) is 2.58. The van der Waals surface area contributed by atoms with Gasteiger partial charge >= 0.3 is 5.97 Å². The third-order valence-corrected chi connectivity index (χ3v) is 4.46. The molecule has 2 heterocycles. The van der Waals surface area contributed by atoms with Gasteiger partial charge in [-0.2, -0.15) is 0 Å². The average molecular weight is 266 g/mol. The monoisotopic (exact) mass is 266 g/mol. The largest absolute Gasteiger partial charge is 0.449 e. The number of thiophene rings is 1. The second-order valence-electron chi connectivity index (χ2n) is 4.56. The predicted octanol–water partition coefficient (Wildman–Crippen LogP) is 4.16. The fraction of sp³-hybridized carbons (Fsp3) is 0.0625. The molecule has 0 aliphatic carbocycles. The second-order valence-corrected chi connectivity index (χ2v) is 5.47. The Kier molecular flexibility index (Phi) is 2.23. The molecule has 0 saturated carbocycles. The summed E-state index contributed by atoms with van der Waals surface area (Å²) in [6, 6.07) is 15.8. The van der Waals surface area contributed by atoms with E-state index in [1.165, 1.54) is 10.1 Å². The van der Waals surface area contributed by atoms with Crippen molar-refractivity contribution in [3.63, 3.8) is 0 Å². The first kappa shape index (κ1) is 10.8. The summed E-state index contributed by atoms with van der Waals surface area (Å²) in [5.41, 5.74) is 2.73. The highest BCUT2D eigenvalue weighted by molar-refractivity contribution is 7.17. The number of carbonyl (C=O) groups excluding carboxylic acids is 1. The standard InChI is InChI=1S/C16H10O2S/c17-16-12-7-2-1-6-11(12)15(18-16)13-9-19-14-8-4-3-5-10(13)14/h1-9,15H. The topological polar surface area (TPSA) is 26.3 Å². The summed E-state index contributed by atoms with van der Waals surface area (Å²) in [5.74, 6) is -0.226. The van der Waals surface area contributed by atoms with Crippen LogP contribution in [0.5, 0.6) is 0 Å². The van der Waals surface area contributed by atoms with Gasteiger partial charge in [0.05, 0.1) is 5.56 Å². The lowest BCUT2D eigenvalue weighted by Gasteiger charge is -2.09. The number of hydrogen-bond donors (Lipinski definition) is 0. The van der Waals surface area contributed by atoms with Crippen LogP contribution >= 0.6 is 11.3 Å². The van der Waals surface area contributed by atoms with Gasteiger partial charge < -0.3 is 4.74 Å². The number of esters is 1. The van der Waals surface area contributed by atoms with Crippen LogP contribution < -0.4 is 0 Å². The van der Waals surface area contributed by atoms with E-state index in [2.05, 4.69) is 17.5 Å². The van der Waals surface area contributed by atoms with Crippen LogP contribution in [0, 0.1) is 0 Å². The van der Waals surface area contributed by atoms with Gasteiger partial charge in [0, 0.05) is 15.8 Å². The van der Waals surface area contributed by atoms with Crippen molar-refractivity contribution in [2.24, 2.45) is 0 Å². The molecule has 1 atom stereocenters. The molecule has 1 aromatic heterocycles. The van der Waals surface area contributed by atoms with Gasteiger partial charge in [-0.05, 0) is 22.9 Å². The van der Waals surface area contributed by atoms with E-state index >= 15 is 0 Å². The highest BCUT2D eigenvalue weighted by Crippen LogP contribution is 2.40. The minimum absolute atomic E-state index is 0.226. The quantitative estimate of drug-likeness (QED) is 0.618. The van der Waals surface area contributed by atoms with E-state index < -0.39 is 0 Å². The maximum Gasteiger partial charge on any atom is 0.339 e. The van der Waals surface area contributed by atoms with Gasteiger partial charge in [-0.15, -0.1) is 11.3 Å². The molecule has 2 nitrogen and oxygen atoms in total. The van der Waals surface area contributed by atoms with Crippen molar-refractivity contribution in [2.45, 2.75) is 6.10 Å². The minimum Gasteiger partial charge on any atom is -0.449 e. The van der Waals surface area contributed by atoms with Crippen LogP contribution in [0.4, 0.5) is 0 Å². The van der Waals surface area contributed by atoms with Crippen LogP contribution in [0.15, 0.2) is 53.9 Å². The Labute approximate surface area is 114 Å². The minimum atomic E-state index is -0.264. The smallest absolute Gasteiger partial charge is 0.339 e. The Hall–Kier alpha value is -2.13. The molecule has 1 aliphatic rings. The van der Waals surface area contributed by atoms with Crippen LogP contribution in [0.2, 0.25) is 0 Å². The SMILES string of the molecule is O=C1OC(c2csc3ccccc23)c2ccccc21. The van der Waals surface area contributed by atoms with Crippen molar-refractivity contribution in [3.05, 3.63) is 70.6 Å². The summed E-state index contributed by atoms with van der Waals surface area (Å²) in [5, 5.41) is 3.26. The molecule has 3 heteroatoms. The van der Waals surface area contributed by atoms with Crippen molar-refractivity contribution in [3.8, 4) is 0 Å². The molecule has 1 aliphatic heterocycles. The van der Waals surface area contributed by atoms with Crippen LogP contribution in [-0.4, -0.2) is 5.97 Å². The van der Waals surface area contributed by atoms with Gasteiger partial charge in [-0.1, -0.05) is 36.4 Å². The first-order chi connectivity index (χ1) is 9.34. The van der Waals surface area contributed by atoms with Gasteiger partial charge in [0.1, 0.15) is 0 Å². The van der Waals surface area contributed by atoms with E-state index in [9.17, 15) is 4.79 Å². The van der Waals surface area contributed by atoms with E-state index in [0.717, 1.165) is 11.1 Å². The zero-order valence-electron chi connectivity index (χ0n) is 10.00. The zero-order valence-corrected chi connectivity index (χ0v) is 10.8. The van der Waals surface area contributed by atoms with E-state index in [0.29, 0.717) is 5.56 Å². The molecule has 0 bridgehead atoms. The normalized spacial score (nSPS) is 17.5. The molecule has 1 unspecified atom stereocenters. The summed E-state index contributed by atoms with van der Waals surface area (Å²) in [7, 11) is 0. The van der Waals surface area contributed by atoms with E-state index in [1.807, 2.05) is 36.4 Å². The second kappa shape index (κ2) is 3.93. The molecule has 4 rings (SSSR count). The van der Waals surface area contributed by atoms with Crippen molar-refractivity contribution in [1.29, 1.82) is 0 Å². The van der Waals surface area contributed by atoms with Crippen LogP contribution in [-0.2, 0) is 4.74 Å². The third kappa shape index (κ3) is 1.52. The molecule has 3 aromatic rings. The number of fused-ring (bicyclic) bond motifs is 2. The van der Waals surface area contributed by atoms with Crippen molar-refractivity contribution in [2.75, 3.05) is 0 Å². The number of ether oxygens (including phenoxy) is 1. The van der Waals surface area contributed by atoms with Gasteiger partial charge in [-0.3, -0.25) is 0 Å². The lowest BCUT2D eigenvalue weighted by molar-refractivity contribution is 0.0458. The maximum absolute atomic E-state index is 11.9. The summed E-state index contributed by atoms with van der Waals surface area (Å²) in [4.78, 5) is 11.9. The summed E-state index contributed by atoms with van der Waals surface area (Å²) < 4.78 is 6.77. The molecular formula is C16H10O2S. The average Bonchev–Trinajstić information content (AvgIpc) is 3.01. The van der Waals surface area contributed by atoms with Crippen molar-refractivity contribution in [1.82, 2.24) is 0 Å². The molecule has 0 fully saturated rings.